The van der Waals surface area contributed by atoms with Gasteiger partial charge >= 0.3 is 105 Å². The van der Waals surface area contributed by atoms with Crippen LogP contribution in [-0.2, 0) is 9.59 Å². The summed E-state index contributed by atoms with van der Waals surface area (Å²) in [6.45, 7) is 0. The van der Waals surface area contributed by atoms with Crippen molar-refractivity contribution in [1.82, 2.24) is 5.32 Å². The molecule has 0 aliphatic rings. The fourth-order valence-corrected chi connectivity index (χ4v) is 2.45. The van der Waals surface area contributed by atoms with Crippen molar-refractivity contribution in [3.05, 3.63) is 0 Å². The molecule has 0 radical (unpaired) electrons. The van der Waals surface area contributed by atoms with E-state index in [0.29, 0.717) is 17.5 Å². The molecular weight excluding hydrogens is 297 g/mol. The zero-order valence-electron chi connectivity index (χ0n) is 9.30. The molecule has 0 aromatic heterocycles. The summed E-state index contributed by atoms with van der Waals surface area (Å²) in [5.41, 5.74) is 0. The Morgan fingerprint density at radius 3 is 2.56 bits per heavy atom. The van der Waals surface area contributed by atoms with Crippen LogP contribution in [0.3, 0.4) is 0 Å². The summed E-state index contributed by atoms with van der Waals surface area (Å²) in [6, 6.07) is -0.904. The number of rotatable bonds is 8. The van der Waals surface area contributed by atoms with Gasteiger partial charge in [0.05, 0.1) is 0 Å². The zero-order valence-corrected chi connectivity index (χ0v) is 11.8. The van der Waals surface area contributed by atoms with Gasteiger partial charge in [-0.05, 0) is 0 Å². The van der Waals surface area contributed by atoms with Crippen molar-refractivity contribution >= 4 is 38.6 Å². The van der Waals surface area contributed by atoms with Crippen LogP contribution in [0, 0.1) is 0 Å². The Bertz CT molecular complexity index is 240. The van der Waals surface area contributed by atoms with Crippen molar-refractivity contribution in [2.75, 3.05) is 12.0 Å². The Kier molecular flexibility index (Phi) is 8.74. The molecular formula is C9H17NO4SSe. The van der Waals surface area contributed by atoms with E-state index in [2.05, 4.69) is 5.32 Å². The molecule has 0 saturated carbocycles. The first-order valence-electron chi connectivity index (χ1n) is 4.72. The van der Waals surface area contributed by atoms with Crippen LogP contribution in [-0.4, -0.2) is 61.2 Å². The SMILES string of the molecule is CSCC[C@H](NC(=O)[C@H](O)C[Se]C)C(=O)O. The molecule has 0 fully saturated rings. The number of carbonyl (C=O) groups is 2. The first kappa shape index (κ1) is 15.8. The van der Waals surface area contributed by atoms with Gasteiger partial charge in [0.1, 0.15) is 0 Å². The van der Waals surface area contributed by atoms with E-state index in [1.165, 1.54) is 11.8 Å². The van der Waals surface area contributed by atoms with E-state index in [1.54, 1.807) is 0 Å². The Morgan fingerprint density at radius 2 is 2.12 bits per heavy atom. The van der Waals surface area contributed by atoms with Gasteiger partial charge in [-0.3, -0.25) is 0 Å². The van der Waals surface area contributed by atoms with Crippen molar-refractivity contribution < 1.29 is 19.8 Å². The van der Waals surface area contributed by atoms with Gasteiger partial charge in [0, 0.05) is 0 Å². The minimum absolute atomic E-state index is 0.189. The molecule has 3 N–H and O–H groups in total. The van der Waals surface area contributed by atoms with Gasteiger partial charge in [0.25, 0.3) is 0 Å². The van der Waals surface area contributed by atoms with Crippen LogP contribution in [0.1, 0.15) is 6.42 Å². The summed E-state index contributed by atoms with van der Waals surface area (Å²) in [4.78, 5) is 22.2. The van der Waals surface area contributed by atoms with E-state index in [1.807, 2.05) is 12.1 Å². The fourth-order valence-electron chi connectivity index (χ4n) is 0.995. The molecule has 1 amide bonds. The van der Waals surface area contributed by atoms with Crippen molar-refractivity contribution in [3.8, 4) is 0 Å². The van der Waals surface area contributed by atoms with Crippen LogP contribution in [0.2, 0.25) is 11.1 Å². The van der Waals surface area contributed by atoms with Crippen molar-refractivity contribution in [1.29, 1.82) is 0 Å². The van der Waals surface area contributed by atoms with Crippen molar-refractivity contribution in [2.45, 2.75) is 29.7 Å². The number of hydrogen-bond donors (Lipinski definition) is 3. The molecule has 7 heteroatoms. The van der Waals surface area contributed by atoms with Crippen molar-refractivity contribution in [2.24, 2.45) is 0 Å². The number of aliphatic carboxylic acids is 1. The summed E-state index contributed by atoms with van der Waals surface area (Å²) >= 11 is 1.71. The first-order valence-corrected chi connectivity index (χ1v) is 9.03. The summed E-state index contributed by atoms with van der Waals surface area (Å²) in [7, 11) is 0. The fraction of sp³-hybridized carbons (Fsp3) is 0.778. The number of aliphatic hydroxyl groups excluding tert-OH is 1. The number of carboxylic acids is 1. The van der Waals surface area contributed by atoms with Crippen molar-refractivity contribution in [3.63, 3.8) is 0 Å². The number of carboxylic acid groups (broad SMARTS) is 1. The maximum absolute atomic E-state index is 11.4. The van der Waals surface area contributed by atoms with Crippen LogP contribution >= 0.6 is 11.8 Å². The van der Waals surface area contributed by atoms with Gasteiger partial charge in [0.15, 0.2) is 0 Å². The summed E-state index contributed by atoms with van der Waals surface area (Å²) < 4.78 is 0. The number of aliphatic hydroxyl groups is 1. The molecule has 0 aromatic carbocycles. The monoisotopic (exact) mass is 315 g/mol. The van der Waals surface area contributed by atoms with Crippen LogP contribution in [0.15, 0.2) is 0 Å². The first-order chi connectivity index (χ1) is 7.52. The van der Waals surface area contributed by atoms with Crippen LogP contribution in [0.4, 0.5) is 0 Å². The van der Waals surface area contributed by atoms with Gasteiger partial charge in [-0.2, -0.15) is 0 Å². The predicted octanol–water partition coefficient (Wildman–Crippen LogP) is -0.160. The van der Waals surface area contributed by atoms with Gasteiger partial charge in [-0.15, -0.1) is 0 Å². The molecule has 0 bridgehead atoms. The molecule has 0 rings (SSSR count). The van der Waals surface area contributed by atoms with Gasteiger partial charge in [-0.1, -0.05) is 0 Å². The molecule has 0 aliphatic heterocycles. The van der Waals surface area contributed by atoms with E-state index < -0.39 is 24.0 Å². The van der Waals surface area contributed by atoms with Crippen LogP contribution in [0.5, 0.6) is 0 Å². The van der Waals surface area contributed by atoms with E-state index >= 15 is 0 Å². The number of nitrogens with one attached hydrogen (secondary N) is 1. The van der Waals surface area contributed by atoms with E-state index in [4.69, 9.17) is 5.11 Å². The van der Waals surface area contributed by atoms with E-state index in [-0.39, 0.29) is 15.0 Å². The molecule has 0 saturated heterocycles. The van der Waals surface area contributed by atoms with E-state index in [0.717, 1.165) is 0 Å². The molecule has 0 spiro atoms. The topological polar surface area (TPSA) is 86.6 Å². The van der Waals surface area contributed by atoms with E-state index in [9.17, 15) is 14.7 Å². The predicted molar refractivity (Wildman–Crippen MR) is 65.0 cm³/mol. The van der Waals surface area contributed by atoms with Gasteiger partial charge in [0.2, 0.25) is 0 Å². The Morgan fingerprint density at radius 1 is 1.50 bits per heavy atom. The summed E-state index contributed by atoms with van der Waals surface area (Å²) in [5.74, 6) is 0.922. The Hall–Kier alpha value is -0.231. The number of amides is 1. The summed E-state index contributed by atoms with van der Waals surface area (Å²) in [6.07, 6.45) is 1.16. The van der Waals surface area contributed by atoms with Crippen LogP contribution in [0.25, 0.3) is 0 Å². The molecule has 5 nitrogen and oxygen atoms in total. The zero-order chi connectivity index (χ0) is 12.6. The Labute approximate surface area is 106 Å². The third kappa shape index (κ3) is 6.37. The third-order valence-electron chi connectivity index (χ3n) is 1.85. The molecule has 0 heterocycles. The Balaban J connectivity index is 4.17. The number of carbonyl (C=O) groups excluding carboxylic acids is 1. The quantitative estimate of drug-likeness (QED) is 0.542. The number of thioether (sulfide) groups is 1. The average molecular weight is 314 g/mol. The molecule has 16 heavy (non-hydrogen) atoms. The molecule has 0 unspecified atom stereocenters. The second kappa shape index (κ2) is 8.87. The second-order valence-electron chi connectivity index (χ2n) is 3.15. The van der Waals surface area contributed by atoms with Crippen LogP contribution < -0.4 is 5.32 Å². The molecule has 94 valence electrons. The maximum atomic E-state index is 11.4. The molecule has 0 aliphatic carbocycles. The van der Waals surface area contributed by atoms with Gasteiger partial charge < -0.3 is 0 Å². The second-order valence-corrected chi connectivity index (χ2v) is 6.05. The molecule has 2 atom stereocenters. The summed E-state index contributed by atoms with van der Waals surface area (Å²) in [5, 5.41) is 21.0. The minimum atomic E-state index is -1.08. The standard InChI is InChI=1S/C9H17NO4SSe/c1-15-4-3-6(9(13)14)10-8(12)7(11)5-16-2/h6-7,11H,3-5H2,1-2H3,(H,10,12)(H,13,14)/t6-,7+/m0/s1. The normalized spacial score (nSPS) is 14.2. The third-order valence-corrected chi connectivity index (χ3v) is 3.86. The number of hydrogen-bond acceptors (Lipinski definition) is 4. The van der Waals surface area contributed by atoms with Gasteiger partial charge in [-0.25, -0.2) is 0 Å². The average Bonchev–Trinajstić information content (AvgIpc) is 2.23. The molecule has 0 aromatic rings.